The van der Waals surface area contributed by atoms with Crippen LogP contribution in [0.25, 0.3) is 0 Å². The fraction of sp³-hybridized carbons (Fsp3) is 0.133. The molecule has 20 heavy (non-hydrogen) atoms. The zero-order valence-electron chi connectivity index (χ0n) is 10.9. The average Bonchev–Trinajstić information content (AvgIpc) is 2.88. The van der Waals surface area contributed by atoms with Crippen molar-refractivity contribution in [3.63, 3.8) is 0 Å². The van der Waals surface area contributed by atoms with Gasteiger partial charge in [-0.2, -0.15) is 0 Å². The van der Waals surface area contributed by atoms with Crippen LogP contribution in [0.4, 0.5) is 5.69 Å². The molecule has 0 radical (unpaired) electrons. The van der Waals surface area contributed by atoms with E-state index in [1.165, 1.54) is 6.92 Å². The third-order valence-electron chi connectivity index (χ3n) is 2.98. The molecule has 0 atom stereocenters. The van der Waals surface area contributed by atoms with E-state index >= 15 is 0 Å². The maximum Gasteiger partial charge on any atom is 0.231 e. The van der Waals surface area contributed by atoms with Crippen molar-refractivity contribution in [2.24, 2.45) is 0 Å². The summed E-state index contributed by atoms with van der Waals surface area (Å²) in [6, 6.07) is 10.3. The first-order valence-corrected chi connectivity index (χ1v) is 6.11. The lowest BCUT2D eigenvalue weighted by molar-refractivity contribution is 0.101. The topological polar surface area (TPSA) is 70.8 Å². The van der Waals surface area contributed by atoms with Crippen molar-refractivity contribution in [2.75, 3.05) is 12.5 Å². The summed E-state index contributed by atoms with van der Waals surface area (Å²) in [5, 5.41) is 0. The zero-order chi connectivity index (χ0) is 14.1. The van der Waals surface area contributed by atoms with Gasteiger partial charge in [-0.15, -0.1) is 0 Å². The quantitative estimate of drug-likeness (QED) is 0.686. The molecule has 0 fully saturated rings. The predicted octanol–water partition coefficient (Wildman–Crippen LogP) is 2.99. The zero-order valence-corrected chi connectivity index (χ0v) is 10.9. The van der Waals surface area contributed by atoms with Crippen molar-refractivity contribution < 1.29 is 19.0 Å². The molecule has 0 aliphatic carbocycles. The van der Waals surface area contributed by atoms with Crippen molar-refractivity contribution in [1.29, 1.82) is 0 Å². The molecule has 5 nitrogen and oxygen atoms in total. The molecule has 0 bridgehead atoms. The third kappa shape index (κ3) is 2.25. The van der Waals surface area contributed by atoms with Crippen LogP contribution in [0.3, 0.4) is 0 Å². The normalized spacial score (nSPS) is 12.2. The lowest BCUT2D eigenvalue weighted by atomic mass is 10.1. The Morgan fingerprint density at radius 1 is 1.10 bits per heavy atom. The molecular weight excluding hydrogens is 258 g/mol. The number of benzene rings is 2. The third-order valence-corrected chi connectivity index (χ3v) is 2.98. The average molecular weight is 271 g/mol. The van der Waals surface area contributed by atoms with Gasteiger partial charge in [-0.3, -0.25) is 4.79 Å². The summed E-state index contributed by atoms with van der Waals surface area (Å²) in [4.78, 5) is 11.5. The Hall–Kier alpha value is -2.69. The highest BCUT2D eigenvalue weighted by atomic mass is 16.7. The number of hydrogen-bond donors (Lipinski definition) is 1. The van der Waals surface area contributed by atoms with Crippen LogP contribution in [0, 0.1) is 0 Å². The molecule has 0 unspecified atom stereocenters. The fourth-order valence-corrected chi connectivity index (χ4v) is 1.98. The first kappa shape index (κ1) is 12.3. The number of Topliss-reactive ketones (excluding diaryl/α,β-unsaturated/α-hetero) is 1. The number of fused-ring (bicyclic) bond motifs is 1. The summed E-state index contributed by atoms with van der Waals surface area (Å²) in [6.45, 7) is 1.69. The molecule has 102 valence electrons. The number of ketones is 1. The van der Waals surface area contributed by atoms with Gasteiger partial charge in [-0.25, -0.2) is 0 Å². The summed E-state index contributed by atoms with van der Waals surface area (Å²) < 4.78 is 16.2. The van der Waals surface area contributed by atoms with E-state index in [2.05, 4.69) is 0 Å². The molecule has 2 aromatic rings. The number of carbonyl (C=O) groups excluding carboxylic acids is 1. The number of anilines is 1. The van der Waals surface area contributed by atoms with Crippen LogP contribution in [-0.2, 0) is 0 Å². The molecule has 0 spiro atoms. The van der Waals surface area contributed by atoms with Crippen LogP contribution < -0.4 is 19.9 Å². The number of carbonyl (C=O) groups is 1. The molecule has 2 aromatic carbocycles. The van der Waals surface area contributed by atoms with Gasteiger partial charge in [-0.1, -0.05) is 0 Å². The van der Waals surface area contributed by atoms with Crippen molar-refractivity contribution >= 4 is 11.5 Å². The van der Waals surface area contributed by atoms with Gasteiger partial charge in [0.1, 0.15) is 11.5 Å². The first-order valence-electron chi connectivity index (χ1n) is 6.11. The van der Waals surface area contributed by atoms with Crippen molar-refractivity contribution in [3.8, 4) is 23.0 Å². The van der Waals surface area contributed by atoms with Gasteiger partial charge < -0.3 is 19.9 Å². The SMILES string of the molecule is CC(=O)c1cc(Oc2ccc3c(c2)OCO3)ccc1N. The maximum absolute atomic E-state index is 11.5. The smallest absolute Gasteiger partial charge is 0.231 e. The molecule has 0 amide bonds. The molecule has 0 saturated carbocycles. The fourth-order valence-electron chi connectivity index (χ4n) is 1.98. The molecule has 1 aliphatic rings. The molecule has 2 N–H and O–H groups in total. The highest BCUT2D eigenvalue weighted by molar-refractivity contribution is 5.99. The standard InChI is InChI=1S/C15H13NO4/c1-9(17)12-6-10(2-4-13(12)16)20-11-3-5-14-15(7-11)19-8-18-14/h2-7H,8,16H2,1H3. The molecule has 1 heterocycles. The minimum absolute atomic E-state index is 0.0985. The Kier molecular flexibility index (Phi) is 2.95. The van der Waals surface area contributed by atoms with E-state index in [0.717, 1.165) is 0 Å². The van der Waals surface area contributed by atoms with Crippen LogP contribution in [-0.4, -0.2) is 12.6 Å². The van der Waals surface area contributed by atoms with Gasteiger partial charge in [0.05, 0.1) is 0 Å². The van der Waals surface area contributed by atoms with E-state index < -0.39 is 0 Å². The number of hydrogen-bond acceptors (Lipinski definition) is 5. The number of nitrogen functional groups attached to an aromatic ring is 1. The molecule has 1 aliphatic heterocycles. The molecule has 0 saturated heterocycles. The molecular formula is C15H13NO4. The second kappa shape index (κ2) is 4.77. The molecule has 0 aromatic heterocycles. The highest BCUT2D eigenvalue weighted by Crippen LogP contribution is 2.36. The van der Waals surface area contributed by atoms with Gasteiger partial charge in [0, 0.05) is 17.3 Å². The maximum atomic E-state index is 11.5. The van der Waals surface area contributed by atoms with Crippen molar-refractivity contribution in [1.82, 2.24) is 0 Å². The van der Waals surface area contributed by atoms with E-state index in [4.69, 9.17) is 19.9 Å². The van der Waals surface area contributed by atoms with Gasteiger partial charge in [0.25, 0.3) is 0 Å². The Morgan fingerprint density at radius 2 is 1.80 bits per heavy atom. The Morgan fingerprint density at radius 3 is 2.60 bits per heavy atom. The minimum atomic E-state index is -0.0985. The van der Waals surface area contributed by atoms with Gasteiger partial charge in [0.2, 0.25) is 6.79 Å². The number of nitrogens with two attached hydrogens (primary N) is 1. The van der Waals surface area contributed by atoms with E-state index in [1.807, 2.05) is 0 Å². The van der Waals surface area contributed by atoms with Gasteiger partial charge in [0.15, 0.2) is 17.3 Å². The summed E-state index contributed by atoms with van der Waals surface area (Å²) >= 11 is 0. The largest absolute Gasteiger partial charge is 0.457 e. The Balaban J connectivity index is 1.88. The number of rotatable bonds is 3. The Labute approximate surface area is 115 Å². The lowest BCUT2D eigenvalue weighted by Gasteiger charge is -2.09. The minimum Gasteiger partial charge on any atom is -0.457 e. The van der Waals surface area contributed by atoms with E-state index in [1.54, 1.807) is 36.4 Å². The van der Waals surface area contributed by atoms with Crippen LogP contribution >= 0.6 is 0 Å². The van der Waals surface area contributed by atoms with Crippen LogP contribution in [0.1, 0.15) is 17.3 Å². The van der Waals surface area contributed by atoms with Crippen molar-refractivity contribution in [2.45, 2.75) is 6.92 Å². The summed E-state index contributed by atoms with van der Waals surface area (Å²) in [5.74, 6) is 2.39. The lowest BCUT2D eigenvalue weighted by Crippen LogP contribution is -1.99. The molecule has 5 heteroatoms. The summed E-state index contributed by atoms with van der Waals surface area (Å²) in [6.07, 6.45) is 0. The van der Waals surface area contributed by atoms with Crippen LogP contribution in [0.2, 0.25) is 0 Å². The van der Waals surface area contributed by atoms with Gasteiger partial charge >= 0.3 is 0 Å². The second-order valence-electron chi connectivity index (χ2n) is 4.42. The van der Waals surface area contributed by atoms with E-state index in [0.29, 0.717) is 34.2 Å². The highest BCUT2D eigenvalue weighted by Gasteiger charge is 2.14. The monoisotopic (exact) mass is 271 g/mol. The molecule has 3 rings (SSSR count). The van der Waals surface area contributed by atoms with Crippen LogP contribution in [0.5, 0.6) is 23.0 Å². The van der Waals surface area contributed by atoms with Crippen molar-refractivity contribution in [3.05, 3.63) is 42.0 Å². The van der Waals surface area contributed by atoms with Crippen LogP contribution in [0.15, 0.2) is 36.4 Å². The summed E-state index contributed by atoms with van der Waals surface area (Å²) in [7, 11) is 0. The number of ether oxygens (including phenoxy) is 3. The van der Waals surface area contributed by atoms with E-state index in [-0.39, 0.29) is 12.6 Å². The first-order chi connectivity index (χ1) is 9.63. The second-order valence-corrected chi connectivity index (χ2v) is 4.42. The predicted molar refractivity (Wildman–Crippen MR) is 73.5 cm³/mol. The Bertz CT molecular complexity index is 682. The van der Waals surface area contributed by atoms with E-state index in [9.17, 15) is 4.79 Å². The summed E-state index contributed by atoms with van der Waals surface area (Å²) in [5.41, 5.74) is 6.63. The van der Waals surface area contributed by atoms with Gasteiger partial charge in [-0.05, 0) is 37.3 Å².